The topological polar surface area (TPSA) is 136 Å². The molecule has 2 heterocycles. The van der Waals surface area contributed by atoms with Crippen molar-refractivity contribution in [2.75, 3.05) is 37.4 Å². The molecule has 0 aliphatic heterocycles. The second-order valence-electron chi connectivity index (χ2n) is 8.98. The van der Waals surface area contributed by atoms with Gasteiger partial charge in [-0.1, -0.05) is 17.7 Å². The van der Waals surface area contributed by atoms with E-state index in [2.05, 4.69) is 29.7 Å². The average Bonchev–Trinajstić information content (AvgIpc) is 2.97. The third kappa shape index (κ3) is 9.23. The standard InChI is InChI=1S/C26H20ClF4N5O5S.C2H7N/c1-15-32-8-7-24(34-15)35-42(38,39)17-4-6-25(33-12-17)36(14-37)21-11-19(27)18(10-23(21)40-2)16-3-5-20(28)22(9-16)41-13-26(29,30)31;1-3-2/h3-12,14H,13H2,1-2H3,(H,32,34,35);3H,1-2H3. The molecule has 0 atom stereocenters. The molecule has 45 heavy (non-hydrogen) atoms. The summed E-state index contributed by atoms with van der Waals surface area (Å²) < 4.78 is 89.6. The number of methoxy groups -OCH3 is 1. The predicted molar refractivity (Wildman–Crippen MR) is 160 cm³/mol. The first kappa shape index (κ1) is 34.9. The maximum atomic E-state index is 14.1. The van der Waals surface area contributed by atoms with Crippen molar-refractivity contribution in [2.24, 2.45) is 0 Å². The highest BCUT2D eigenvalue weighted by Gasteiger charge is 2.29. The maximum Gasteiger partial charge on any atom is 0.422 e. The maximum absolute atomic E-state index is 14.1. The minimum absolute atomic E-state index is 0.00793. The number of carbonyl (C=O) groups excluding carboxylic acids is 1. The van der Waals surface area contributed by atoms with Gasteiger partial charge in [0.15, 0.2) is 18.2 Å². The van der Waals surface area contributed by atoms with Crippen LogP contribution in [-0.4, -0.2) is 63.8 Å². The molecule has 0 saturated heterocycles. The summed E-state index contributed by atoms with van der Waals surface area (Å²) in [5, 5.41) is 2.77. The molecule has 0 aliphatic carbocycles. The molecule has 0 aliphatic rings. The van der Waals surface area contributed by atoms with Crippen LogP contribution >= 0.6 is 11.6 Å². The summed E-state index contributed by atoms with van der Waals surface area (Å²) in [6.07, 6.45) is -1.85. The number of nitrogens with zero attached hydrogens (tertiary/aromatic N) is 4. The van der Waals surface area contributed by atoms with Gasteiger partial charge in [-0.25, -0.2) is 27.8 Å². The Balaban J connectivity index is 0.00000177. The van der Waals surface area contributed by atoms with Gasteiger partial charge in [0, 0.05) is 18.0 Å². The Morgan fingerprint density at radius 2 is 1.76 bits per heavy atom. The number of rotatable bonds is 10. The summed E-state index contributed by atoms with van der Waals surface area (Å²) in [5.74, 6) is -1.13. The monoisotopic (exact) mass is 670 g/mol. The van der Waals surface area contributed by atoms with Gasteiger partial charge in [-0.05, 0) is 69.0 Å². The molecule has 0 unspecified atom stereocenters. The van der Waals surface area contributed by atoms with Gasteiger partial charge in [0.2, 0.25) is 6.41 Å². The highest BCUT2D eigenvalue weighted by Crippen LogP contribution is 2.41. The van der Waals surface area contributed by atoms with Crippen molar-refractivity contribution in [3.63, 3.8) is 0 Å². The zero-order chi connectivity index (χ0) is 33.4. The summed E-state index contributed by atoms with van der Waals surface area (Å²) in [6, 6.07) is 9.86. The number of benzene rings is 2. The first-order chi connectivity index (χ1) is 21.2. The van der Waals surface area contributed by atoms with Crippen LogP contribution in [-0.2, 0) is 14.8 Å². The van der Waals surface area contributed by atoms with Crippen LogP contribution < -0.4 is 24.4 Å². The lowest BCUT2D eigenvalue weighted by molar-refractivity contribution is -0.153. The smallest absolute Gasteiger partial charge is 0.422 e. The summed E-state index contributed by atoms with van der Waals surface area (Å²) >= 11 is 6.47. The van der Waals surface area contributed by atoms with Crippen LogP contribution in [0.2, 0.25) is 5.02 Å². The summed E-state index contributed by atoms with van der Waals surface area (Å²) in [5.41, 5.74) is 0.551. The molecular weight excluding hydrogens is 644 g/mol. The minimum Gasteiger partial charge on any atom is -0.495 e. The third-order valence-corrected chi connectivity index (χ3v) is 7.21. The van der Waals surface area contributed by atoms with E-state index < -0.39 is 34.4 Å². The molecule has 0 fully saturated rings. The predicted octanol–water partition coefficient (Wildman–Crippen LogP) is 5.52. The fourth-order valence-corrected chi connectivity index (χ4v) is 4.89. The number of carbonyl (C=O) groups is 1. The highest BCUT2D eigenvalue weighted by molar-refractivity contribution is 7.92. The van der Waals surface area contributed by atoms with Gasteiger partial charge in [-0.2, -0.15) is 13.2 Å². The zero-order valence-electron chi connectivity index (χ0n) is 24.2. The Labute approximate surface area is 261 Å². The number of nitrogens with one attached hydrogen (secondary N) is 2. The number of aryl methyl sites for hydroxylation is 1. The number of sulfonamides is 1. The van der Waals surface area contributed by atoms with Crippen LogP contribution in [0.4, 0.5) is 34.9 Å². The van der Waals surface area contributed by atoms with Crippen LogP contribution in [0.3, 0.4) is 0 Å². The highest BCUT2D eigenvalue weighted by atomic mass is 35.5. The molecule has 0 spiro atoms. The van der Waals surface area contributed by atoms with Gasteiger partial charge in [-0.15, -0.1) is 0 Å². The van der Waals surface area contributed by atoms with Crippen molar-refractivity contribution in [3.05, 3.63) is 77.6 Å². The SMILES string of the molecule is CNC.COc1cc(-c2ccc(F)c(OCC(F)(F)F)c2)c(Cl)cc1N(C=O)c1ccc(S(=O)(=O)Nc2ccnc(C)n2)cn1. The van der Waals surface area contributed by atoms with E-state index in [1.165, 1.54) is 49.7 Å². The van der Waals surface area contributed by atoms with Gasteiger partial charge in [0.05, 0.1) is 17.8 Å². The van der Waals surface area contributed by atoms with E-state index in [0.29, 0.717) is 12.2 Å². The minimum atomic E-state index is -4.67. The van der Waals surface area contributed by atoms with E-state index in [4.69, 9.17) is 16.3 Å². The van der Waals surface area contributed by atoms with Crippen molar-refractivity contribution in [1.29, 1.82) is 0 Å². The van der Waals surface area contributed by atoms with Gasteiger partial charge < -0.3 is 14.8 Å². The fourth-order valence-electron chi connectivity index (χ4n) is 3.67. The molecule has 4 aromatic rings. The average molecular weight is 671 g/mol. The quantitative estimate of drug-likeness (QED) is 0.165. The number of hydrogen-bond acceptors (Lipinski definition) is 9. The van der Waals surface area contributed by atoms with E-state index in [0.717, 1.165) is 23.2 Å². The molecule has 4 rings (SSSR count). The largest absolute Gasteiger partial charge is 0.495 e. The molecule has 0 radical (unpaired) electrons. The Morgan fingerprint density at radius 3 is 2.33 bits per heavy atom. The van der Waals surface area contributed by atoms with Crippen molar-refractivity contribution in [1.82, 2.24) is 20.3 Å². The Hall–Kier alpha value is -4.54. The Kier molecular flexibility index (Phi) is 11.6. The zero-order valence-corrected chi connectivity index (χ0v) is 25.8. The first-order valence-corrected chi connectivity index (χ1v) is 14.6. The normalized spacial score (nSPS) is 11.2. The van der Waals surface area contributed by atoms with E-state index in [9.17, 15) is 30.8 Å². The molecule has 2 aromatic carbocycles. The summed E-state index contributed by atoms with van der Waals surface area (Å²) in [6.45, 7) is -0.0969. The first-order valence-electron chi connectivity index (χ1n) is 12.7. The molecule has 2 aromatic heterocycles. The molecule has 0 bridgehead atoms. The van der Waals surface area contributed by atoms with Crippen molar-refractivity contribution < 1.29 is 40.2 Å². The van der Waals surface area contributed by atoms with Gasteiger partial charge in [0.25, 0.3) is 10.0 Å². The number of anilines is 3. The van der Waals surface area contributed by atoms with E-state index in [1.54, 1.807) is 6.92 Å². The lowest BCUT2D eigenvalue weighted by Crippen LogP contribution is -2.19. The molecular formula is C28H27ClF4N6O5S. The van der Waals surface area contributed by atoms with Gasteiger partial charge in [-0.3, -0.25) is 14.4 Å². The van der Waals surface area contributed by atoms with Crippen molar-refractivity contribution in [3.8, 4) is 22.6 Å². The van der Waals surface area contributed by atoms with Crippen molar-refractivity contribution >= 4 is 45.4 Å². The molecule has 240 valence electrons. The fraction of sp³-hybridized carbons (Fsp3) is 0.214. The van der Waals surface area contributed by atoms with Crippen molar-refractivity contribution in [2.45, 2.75) is 18.0 Å². The third-order valence-electron chi connectivity index (χ3n) is 5.56. The van der Waals surface area contributed by atoms with Crippen LogP contribution in [0.15, 0.2) is 65.8 Å². The van der Waals surface area contributed by atoms with Crippen LogP contribution in [0.1, 0.15) is 5.82 Å². The van der Waals surface area contributed by atoms with Gasteiger partial charge >= 0.3 is 6.18 Å². The number of halogens is 5. The Bertz CT molecular complexity index is 1740. The van der Waals surface area contributed by atoms with E-state index in [-0.39, 0.29) is 44.1 Å². The van der Waals surface area contributed by atoms with Gasteiger partial charge in [0.1, 0.15) is 28.1 Å². The number of alkyl halides is 3. The van der Waals surface area contributed by atoms with Crippen LogP contribution in [0, 0.1) is 12.7 Å². The molecule has 17 heteroatoms. The lowest BCUT2D eigenvalue weighted by Gasteiger charge is -2.21. The number of hydrogen-bond donors (Lipinski definition) is 2. The van der Waals surface area contributed by atoms with Crippen LogP contribution in [0.5, 0.6) is 11.5 Å². The lowest BCUT2D eigenvalue weighted by atomic mass is 10.0. The second kappa shape index (κ2) is 15.0. The summed E-state index contributed by atoms with van der Waals surface area (Å²) in [7, 11) is 0.974. The Morgan fingerprint density at radius 1 is 1.04 bits per heavy atom. The van der Waals surface area contributed by atoms with E-state index in [1.807, 2.05) is 14.1 Å². The molecule has 2 N–H and O–H groups in total. The van der Waals surface area contributed by atoms with Crippen LogP contribution in [0.25, 0.3) is 11.1 Å². The molecule has 1 amide bonds. The second-order valence-corrected chi connectivity index (χ2v) is 11.1. The summed E-state index contributed by atoms with van der Waals surface area (Å²) in [4.78, 5) is 24.9. The number of ether oxygens (including phenoxy) is 2. The number of amides is 1. The van der Waals surface area contributed by atoms with E-state index >= 15 is 0 Å². The molecule has 11 nitrogen and oxygen atoms in total. The number of pyridine rings is 1. The molecule has 0 saturated carbocycles. The number of aromatic nitrogens is 3.